The van der Waals surface area contributed by atoms with Crippen molar-refractivity contribution in [2.24, 2.45) is 5.92 Å². The van der Waals surface area contributed by atoms with Gasteiger partial charge in [-0.1, -0.05) is 30.3 Å². The van der Waals surface area contributed by atoms with E-state index < -0.39 is 0 Å². The number of amides is 1. The summed E-state index contributed by atoms with van der Waals surface area (Å²) in [5.41, 5.74) is 3.52. The normalized spacial score (nSPS) is 18.6. The molecule has 2 aromatic carbocycles. The highest BCUT2D eigenvalue weighted by Gasteiger charge is 2.25. The van der Waals surface area contributed by atoms with Crippen molar-refractivity contribution >= 4 is 17.3 Å². The Morgan fingerprint density at radius 2 is 1.56 bits per heavy atom. The van der Waals surface area contributed by atoms with Crippen LogP contribution in [0.4, 0.5) is 11.4 Å². The monoisotopic (exact) mass is 363 g/mol. The lowest BCUT2D eigenvalue weighted by Crippen LogP contribution is -2.37. The van der Waals surface area contributed by atoms with Gasteiger partial charge in [0.1, 0.15) is 0 Å². The van der Waals surface area contributed by atoms with Gasteiger partial charge in [0.25, 0.3) is 0 Å². The second-order valence-electron chi connectivity index (χ2n) is 7.77. The van der Waals surface area contributed by atoms with Gasteiger partial charge in [0.15, 0.2) is 0 Å². The number of piperidine rings is 1. The molecule has 0 atom stereocenters. The molecule has 2 saturated heterocycles. The van der Waals surface area contributed by atoms with Crippen LogP contribution < -0.4 is 10.2 Å². The van der Waals surface area contributed by atoms with Gasteiger partial charge in [-0.3, -0.25) is 9.69 Å². The molecule has 0 aromatic heterocycles. The van der Waals surface area contributed by atoms with Gasteiger partial charge in [-0.25, -0.2) is 0 Å². The molecule has 0 aliphatic carbocycles. The number of carbonyl (C=O) groups is 1. The molecule has 4 nitrogen and oxygen atoms in total. The van der Waals surface area contributed by atoms with Gasteiger partial charge in [-0.2, -0.15) is 0 Å². The predicted molar refractivity (Wildman–Crippen MR) is 111 cm³/mol. The predicted octanol–water partition coefficient (Wildman–Crippen LogP) is 4.14. The summed E-state index contributed by atoms with van der Waals surface area (Å²) >= 11 is 0. The molecule has 0 bridgehead atoms. The van der Waals surface area contributed by atoms with Crippen LogP contribution in [0.2, 0.25) is 0 Å². The van der Waals surface area contributed by atoms with E-state index in [1.165, 1.54) is 24.1 Å². The standard InChI is InChI=1S/C23H29N3O/c27-23(24-21-8-10-22(11-9-21)26-14-4-5-15-26)20-12-16-25(17-13-20)18-19-6-2-1-3-7-19/h1-3,6-11,20H,4-5,12-18H2,(H,24,27). The molecule has 27 heavy (non-hydrogen) atoms. The van der Waals surface area contributed by atoms with E-state index in [9.17, 15) is 4.79 Å². The molecular formula is C23H29N3O. The van der Waals surface area contributed by atoms with Crippen LogP contribution in [0.25, 0.3) is 0 Å². The molecule has 2 fully saturated rings. The quantitative estimate of drug-likeness (QED) is 0.867. The van der Waals surface area contributed by atoms with E-state index >= 15 is 0 Å². The fraction of sp³-hybridized carbons (Fsp3) is 0.435. The van der Waals surface area contributed by atoms with Crippen molar-refractivity contribution < 1.29 is 4.79 Å². The number of likely N-dealkylation sites (tertiary alicyclic amines) is 1. The number of hydrogen-bond donors (Lipinski definition) is 1. The lowest BCUT2D eigenvalue weighted by atomic mass is 9.95. The van der Waals surface area contributed by atoms with Crippen LogP contribution in [-0.2, 0) is 11.3 Å². The third kappa shape index (κ3) is 4.69. The largest absolute Gasteiger partial charge is 0.372 e. The molecule has 0 radical (unpaired) electrons. The highest BCUT2D eigenvalue weighted by molar-refractivity contribution is 5.92. The van der Waals surface area contributed by atoms with E-state index in [1.807, 2.05) is 12.1 Å². The molecule has 142 valence electrons. The fourth-order valence-corrected chi connectivity index (χ4v) is 4.17. The van der Waals surface area contributed by atoms with Gasteiger partial charge in [0.2, 0.25) is 5.91 Å². The lowest BCUT2D eigenvalue weighted by Gasteiger charge is -2.31. The summed E-state index contributed by atoms with van der Waals surface area (Å²) in [7, 11) is 0. The second kappa shape index (κ2) is 8.57. The zero-order valence-electron chi connectivity index (χ0n) is 15.9. The minimum absolute atomic E-state index is 0.121. The first-order chi connectivity index (χ1) is 13.3. The molecule has 1 amide bonds. The van der Waals surface area contributed by atoms with Crippen LogP contribution in [0, 0.1) is 5.92 Å². The maximum atomic E-state index is 12.6. The van der Waals surface area contributed by atoms with Crippen molar-refractivity contribution in [1.82, 2.24) is 4.90 Å². The van der Waals surface area contributed by atoms with Crippen molar-refractivity contribution in [3.05, 3.63) is 60.2 Å². The van der Waals surface area contributed by atoms with Crippen LogP contribution in [0.15, 0.2) is 54.6 Å². The minimum Gasteiger partial charge on any atom is -0.372 e. The van der Waals surface area contributed by atoms with Gasteiger partial charge in [0.05, 0.1) is 0 Å². The number of benzene rings is 2. The number of anilines is 2. The molecule has 2 aliphatic heterocycles. The molecule has 0 saturated carbocycles. The number of rotatable bonds is 5. The van der Waals surface area contributed by atoms with E-state index in [1.54, 1.807) is 0 Å². The van der Waals surface area contributed by atoms with Gasteiger partial charge in [0, 0.05) is 36.9 Å². The Balaban J connectivity index is 1.25. The second-order valence-corrected chi connectivity index (χ2v) is 7.77. The lowest BCUT2D eigenvalue weighted by molar-refractivity contribution is -0.121. The van der Waals surface area contributed by atoms with Crippen LogP contribution >= 0.6 is 0 Å². The Labute approximate surface area is 162 Å². The van der Waals surface area contributed by atoms with Crippen LogP contribution in [-0.4, -0.2) is 37.0 Å². The molecule has 0 unspecified atom stereocenters. The summed E-state index contributed by atoms with van der Waals surface area (Å²) in [4.78, 5) is 17.5. The fourth-order valence-electron chi connectivity index (χ4n) is 4.17. The smallest absolute Gasteiger partial charge is 0.227 e. The first kappa shape index (κ1) is 18.1. The Morgan fingerprint density at radius 3 is 2.22 bits per heavy atom. The van der Waals surface area contributed by atoms with Gasteiger partial charge in [-0.05, 0) is 68.6 Å². The van der Waals surface area contributed by atoms with E-state index in [0.29, 0.717) is 0 Å². The summed E-state index contributed by atoms with van der Waals surface area (Å²) in [5, 5.41) is 3.12. The molecular weight excluding hydrogens is 334 g/mol. The van der Waals surface area contributed by atoms with Crippen LogP contribution in [0.3, 0.4) is 0 Å². The van der Waals surface area contributed by atoms with Crippen LogP contribution in [0.1, 0.15) is 31.2 Å². The molecule has 4 heteroatoms. The summed E-state index contributed by atoms with van der Waals surface area (Å²) in [6, 6.07) is 18.9. The molecule has 2 heterocycles. The maximum absolute atomic E-state index is 12.6. The number of hydrogen-bond acceptors (Lipinski definition) is 3. The first-order valence-electron chi connectivity index (χ1n) is 10.2. The summed E-state index contributed by atoms with van der Waals surface area (Å²) in [6.45, 7) is 5.25. The Kier molecular flexibility index (Phi) is 5.73. The van der Waals surface area contributed by atoms with Crippen molar-refractivity contribution in [1.29, 1.82) is 0 Å². The maximum Gasteiger partial charge on any atom is 0.227 e. The zero-order chi connectivity index (χ0) is 18.5. The SMILES string of the molecule is O=C(Nc1ccc(N2CCCC2)cc1)C1CCN(Cc2ccccc2)CC1. The highest BCUT2D eigenvalue weighted by atomic mass is 16.1. The molecule has 4 rings (SSSR count). The Hall–Kier alpha value is -2.33. The van der Waals surface area contributed by atoms with Gasteiger partial charge >= 0.3 is 0 Å². The third-order valence-corrected chi connectivity index (χ3v) is 5.81. The summed E-state index contributed by atoms with van der Waals surface area (Å²) in [6.07, 6.45) is 4.43. The Morgan fingerprint density at radius 1 is 0.889 bits per heavy atom. The third-order valence-electron chi connectivity index (χ3n) is 5.81. The van der Waals surface area contributed by atoms with E-state index in [0.717, 1.165) is 51.3 Å². The number of nitrogens with zero attached hydrogens (tertiary/aromatic N) is 2. The molecule has 0 spiro atoms. The van der Waals surface area contributed by atoms with E-state index in [-0.39, 0.29) is 11.8 Å². The molecule has 1 N–H and O–H groups in total. The minimum atomic E-state index is 0.121. The van der Waals surface area contributed by atoms with Crippen molar-refractivity contribution in [2.45, 2.75) is 32.2 Å². The number of nitrogens with one attached hydrogen (secondary N) is 1. The van der Waals surface area contributed by atoms with Crippen molar-refractivity contribution in [3.63, 3.8) is 0 Å². The molecule has 2 aliphatic rings. The number of carbonyl (C=O) groups excluding carboxylic acids is 1. The summed E-state index contributed by atoms with van der Waals surface area (Å²) in [5.74, 6) is 0.290. The average Bonchev–Trinajstić information content (AvgIpc) is 3.25. The summed E-state index contributed by atoms with van der Waals surface area (Å²) < 4.78 is 0. The topological polar surface area (TPSA) is 35.6 Å². The van der Waals surface area contributed by atoms with Crippen molar-refractivity contribution in [3.8, 4) is 0 Å². The van der Waals surface area contributed by atoms with Crippen molar-refractivity contribution in [2.75, 3.05) is 36.4 Å². The average molecular weight is 364 g/mol. The molecule has 2 aromatic rings. The van der Waals surface area contributed by atoms with E-state index in [4.69, 9.17) is 0 Å². The van der Waals surface area contributed by atoms with Crippen LogP contribution in [0.5, 0.6) is 0 Å². The highest BCUT2D eigenvalue weighted by Crippen LogP contribution is 2.24. The van der Waals surface area contributed by atoms with E-state index in [2.05, 4.69) is 57.6 Å². The zero-order valence-corrected chi connectivity index (χ0v) is 15.9. The first-order valence-corrected chi connectivity index (χ1v) is 10.2. The Bertz CT molecular complexity index is 730. The van der Waals surface area contributed by atoms with Gasteiger partial charge < -0.3 is 10.2 Å². The van der Waals surface area contributed by atoms with Gasteiger partial charge in [-0.15, -0.1) is 0 Å².